The molecule has 0 aromatic carbocycles. The standard InChI is InChI=1S/C11H21N5O/c1-4-5-9-14-10(6-11(15-9)16-12)13-8(2)7-17-3/h6,8H,4-5,7,12H2,1-3H3,(H2,13,14,15,16). The van der Waals surface area contributed by atoms with Crippen LogP contribution in [0.5, 0.6) is 0 Å². The van der Waals surface area contributed by atoms with E-state index in [0.717, 1.165) is 24.5 Å². The molecule has 0 amide bonds. The van der Waals surface area contributed by atoms with Gasteiger partial charge in [0.2, 0.25) is 0 Å². The molecular weight excluding hydrogens is 218 g/mol. The summed E-state index contributed by atoms with van der Waals surface area (Å²) in [5.74, 6) is 7.55. The van der Waals surface area contributed by atoms with Crippen molar-refractivity contribution in [1.29, 1.82) is 0 Å². The van der Waals surface area contributed by atoms with E-state index in [9.17, 15) is 0 Å². The molecule has 0 aliphatic heterocycles. The number of anilines is 2. The summed E-state index contributed by atoms with van der Waals surface area (Å²) in [6.45, 7) is 4.74. The van der Waals surface area contributed by atoms with Crippen molar-refractivity contribution < 1.29 is 4.74 Å². The van der Waals surface area contributed by atoms with E-state index in [1.54, 1.807) is 13.2 Å². The maximum Gasteiger partial charge on any atom is 0.145 e. The summed E-state index contributed by atoms with van der Waals surface area (Å²) >= 11 is 0. The highest BCUT2D eigenvalue weighted by atomic mass is 16.5. The van der Waals surface area contributed by atoms with Crippen molar-refractivity contribution in [3.05, 3.63) is 11.9 Å². The third kappa shape index (κ3) is 4.54. The number of aromatic nitrogens is 2. The van der Waals surface area contributed by atoms with Crippen LogP contribution in [0.3, 0.4) is 0 Å². The summed E-state index contributed by atoms with van der Waals surface area (Å²) < 4.78 is 5.06. The average Bonchev–Trinajstić information content (AvgIpc) is 2.29. The molecule has 0 saturated carbocycles. The number of nitrogen functional groups attached to an aromatic ring is 1. The fourth-order valence-electron chi connectivity index (χ4n) is 1.52. The number of ether oxygens (including phenoxy) is 1. The molecule has 1 rings (SSSR count). The molecule has 96 valence electrons. The minimum Gasteiger partial charge on any atom is -0.383 e. The summed E-state index contributed by atoms with van der Waals surface area (Å²) in [4.78, 5) is 8.70. The van der Waals surface area contributed by atoms with Gasteiger partial charge in [-0.3, -0.25) is 0 Å². The first-order valence-electron chi connectivity index (χ1n) is 5.79. The highest BCUT2D eigenvalue weighted by Crippen LogP contribution is 2.12. The van der Waals surface area contributed by atoms with Crippen LogP contribution in [-0.4, -0.2) is 29.7 Å². The second-order valence-corrected chi connectivity index (χ2v) is 3.95. The van der Waals surface area contributed by atoms with Crippen LogP contribution in [0.2, 0.25) is 0 Å². The van der Waals surface area contributed by atoms with Gasteiger partial charge >= 0.3 is 0 Å². The van der Waals surface area contributed by atoms with E-state index in [1.807, 2.05) is 6.92 Å². The minimum absolute atomic E-state index is 0.190. The molecule has 1 heterocycles. The largest absolute Gasteiger partial charge is 0.383 e. The Balaban J connectivity index is 2.79. The Morgan fingerprint density at radius 1 is 1.41 bits per heavy atom. The molecule has 4 N–H and O–H groups in total. The number of nitrogens with two attached hydrogens (primary N) is 1. The smallest absolute Gasteiger partial charge is 0.145 e. The van der Waals surface area contributed by atoms with Crippen LogP contribution in [0.1, 0.15) is 26.1 Å². The monoisotopic (exact) mass is 239 g/mol. The van der Waals surface area contributed by atoms with Crippen LogP contribution in [0, 0.1) is 0 Å². The summed E-state index contributed by atoms with van der Waals surface area (Å²) in [5, 5.41) is 3.24. The van der Waals surface area contributed by atoms with Gasteiger partial charge in [-0.25, -0.2) is 15.8 Å². The Bertz CT molecular complexity index is 345. The van der Waals surface area contributed by atoms with Crippen molar-refractivity contribution in [2.24, 2.45) is 5.84 Å². The highest BCUT2D eigenvalue weighted by Gasteiger charge is 2.06. The molecular formula is C11H21N5O. The molecule has 6 nitrogen and oxygen atoms in total. The second kappa shape index (κ2) is 7.03. The number of hydrogen-bond donors (Lipinski definition) is 3. The lowest BCUT2D eigenvalue weighted by Gasteiger charge is -2.14. The van der Waals surface area contributed by atoms with Gasteiger partial charge in [0.1, 0.15) is 17.5 Å². The van der Waals surface area contributed by atoms with Crippen molar-refractivity contribution in [3.63, 3.8) is 0 Å². The first-order chi connectivity index (χ1) is 8.19. The normalized spacial score (nSPS) is 12.2. The van der Waals surface area contributed by atoms with Gasteiger partial charge < -0.3 is 15.5 Å². The van der Waals surface area contributed by atoms with Gasteiger partial charge in [-0.2, -0.15) is 0 Å². The lowest BCUT2D eigenvalue weighted by Crippen LogP contribution is -2.22. The van der Waals surface area contributed by atoms with Gasteiger partial charge in [-0.15, -0.1) is 0 Å². The number of hydrazine groups is 1. The zero-order chi connectivity index (χ0) is 12.7. The number of hydrogen-bond acceptors (Lipinski definition) is 6. The maximum atomic E-state index is 5.38. The molecule has 1 atom stereocenters. The van der Waals surface area contributed by atoms with E-state index in [2.05, 4.69) is 27.6 Å². The molecule has 1 unspecified atom stereocenters. The molecule has 0 aliphatic carbocycles. The summed E-state index contributed by atoms with van der Waals surface area (Å²) in [6.07, 6.45) is 1.84. The van der Waals surface area contributed by atoms with Crippen LogP contribution in [0.25, 0.3) is 0 Å². The van der Waals surface area contributed by atoms with Gasteiger partial charge in [0.15, 0.2) is 0 Å². The van der Waals surface area contributed by atoms with Gasteiger partial charge in [-0.1, -0.05) is 6.92 Å². The van der Waals surface area contributed by atoms with Gasteiger partial charge in [0, 0.05) is 25.6 Å². The number of methoxy groups -OCH3 is 1. The topological polar surface area (TPSA) is 85.1 Å². The highest BCUT2D eigenvalue weighted by molar-refractivity contribution is 5.47. The van der Waals surface area contributed by atoms with E-state index in [-0.39, 0.29) is 6.04 Å². The Hall–Kier alpha value is -1.40. The van der Waals surface area contributed by atoms with E-state index >= 15 is 0 Å². The Kier molecular flexibility index (Phi) is 5.65. The van der Waals surface area contributed by atoms with E-state index < -0.39 is 0 Å². The second-order valence-electron chi connectivity index (χ2n) is 3.95. The molecule has 17 heavy (non-hydrogen) atoms. The number of nitrogens with one attached hydrogen (secondary N) is 2. The predicted molar refractivity (Wildman–Crippen MR) is 68.8 cm³/mol. The van der Waals surface area contributed by atoms with Gasteiger partial charge in [0.05, 0.1) is 6.61 Å². The van der Waals surface area contributed by atoms with Crippen molar-refractivity contribution in [2.75, 3.05) is 24.5 Å². The quantitative estimate of drug-likeness (QED) is 0.489. The summed E-state index contributed by atoms with van der Waals surface area (Å²) in [6, 6.07) is 1.97. The van der Waals surface area contributed by atoms with Crippen LogP contribution in [0.15, 0.2) is 6.07 Å². The number of nitrogens with zero attached hydrogens (tertiary/aromatic N) is 2. The van der Waals surface area contributed by atoms with Crippen LogP contribution >= 0.6 is 0 Å². The minimum atomic E-state index is 0.190. The Morgan fingerprint density at radius 2 is 2.12 bits per heavy atom. The first-order valence-corrected chi connectivity index (χ1v) is 5.79. The molecule has 0 radical (unpaired) electrons. The van der Waals surface area contributed by atoms with E-state index in [1.165, 1.54) is 0 Å². The molecule has 0 spiro atoms. The Morgan fingerprint density at radius 3 is 2.71 bits per heavy atom. The SMILES string of the molecule is CCCc1nc(NN)cc(NC(C)COC)n1. The molecule has 6 heteroatoms. The average molecular weight is 239 g/mol. The van der Waals surface area contributed by atoms with Crippen molar-refractivity contribution >= 4 is 11.6 Å². The zero-order valence-electron chi connectivity index (χ0n) is 10.7. The van der Waals surface area contributed by atoms with Crippen molar-refractivity contribution in [3.8, 4) is 0 Å². The fraction of sp³-hybridized carbons (Fsp3) is 0.636. The third-order valence-corrected chi connectivity index (χ3v) is 2.20. The number of rotatable bonds is 7. The van der Waals surface area contributed by atoms with Crippen LogP contribution < -0.4 is 16.6 Å². The maximum absolute atomic E-state index is 5.38. The van der Waals surface area contributed by atoms with E-state index in [4.69, 9.17) is 10.6 Å². The fourth-order valence-corrected chi connectivity index (χ4v) is 1.52. The zero-order valence-corrected chi connectivity index (χ0v) is 10.7. The van der Waals surface area contributed by atoms with Crippen LogP contribution in [-0.2, 0) is 11.2 Å². The van der Waals surface area contributed by atoms with Crippen molar-refractivity contribution in [2.45, 2.75) is 32.7 Å². The lowest BCUT2D eigenvalue weighted by atomic mass is 10.3. The Labute approximate surface area is 102 Å². The van der Waals surface area contributed by atoms with Gasteiger partial charge in [0.25, 0.3) is 0 Å². The summed E-state index contributed by atoms with van der Waals surface area (Å²) in [5.41, 5.74) is 2.55. The molecule has 1 aromatic heterocycles. The molecule has 1 aromatic rings. The molecule has 0 fully saturated rings. The molecule has 0 bridgehead atoms. The van der Waals surface area contributed by atoms with E-state index in [0.29, 0.717) is 12.4 Å². The summed E-state index contributed by atoms with van der Waals surface area (Å²) in [7, 11) is 1.67. The third-order valence-electron chi connectivity index (χ3n) is 2.20. The van der Waals surface area contributed by atoms with Gasteiger partial charge in [-0.05, 0) is 13.3 Å². The lowest BCUT2D eigenvalue weighted by molar-refractivity contribution is 0.190. The first kappa shape index (κ1) is 13.7. The van der Waals surface area contributed by atoms with Crippen LogP contribution in [0.4, 0.5) is 11.6 Å². The van der Waals surface area contributed by atoms with Crippen molar-refractivity contribution in [1.82, 2.24) is 9.97 Å². The predicted octanol–water partition coefficient (Wildman–Crippen LogP) is 1.16. The molecule has 0 saturated heterocycles. The molecule has 0 aliphatic rings. The number of aryl methyl sites for hydroxylation is 1.